The minimum Gasteiger partial charge on any atom is -0.462 e. The van der Waals surface area contributed by atoms with Crippen molar-refractivity contribution in [3.05, 3.63) is 11.6 Å². The lowest BCUT2D eigenvalue weighted by molar-refractivity contribution is -0.211. The van der Waals surface area contributed by atoms with Crippen LogP contribution < -0.4 is 0 Å². The molecule has 0 radical (unpaired) electrons. The zero-order chi connectivity index (χ0) is 44.2. The van der Waals surface area contributed by atoms with Gasteiger partial charge >= 0.3 is 5.97 Å². The van der Waals surface area contributed by atoms with E-state index in [4.69, 9.17) is 4.74 Å². The summed E-state index contributed by atoms with van der Waals surface area (Å²) < 4.78 is 6.41. The van der Waals surface area contributed by atoms with Crippen LogP contribution in [-0.4, -0.2) is 17.9 Å². The predicted molar refractivity (Wildman–Crippen MR) is 261 cm³/mol. The summed E-state index contributed by atoms with van der Waals surface area (Å²) in [6.45, 7) is 22.1. The van der Waals surface area contributed by atoms with Crippen molar-refractivity contribution < 1.29 is 14.3 Å². The van der Waals surface area contributed by atoms with Crippen LogP contribution in [0.3, 0.4) is 0 Å². The lowest BCUT2D eigenvalue weighted by Crippen LogP contribution is -2.67. The van der Waals surface area contributed by atoms with Gasteiger partial charge in [-0.2, -0.15) is 0 Å². The SMILES string of the molecule is CCCCCCCCCCCCCCCCCCCCCCCCCCCC(=O)OC1CCC2(C)C(CCC3(C)C2C(=O)C=C2C4C(C)[C@H](C)CCC4(C)CC[C@]23C)C1(C)C. The van der Waals surface area contributed by atoms with Crippen LogP contribution in [0.15, 0.2) is 11.6 Å². The fourth-order valence-corrected chi connectivity index (χ4v) is 15.5. The normalized spacial score (nSPS) is 35.4. The molecule has 0 spiro atoms. The predicted octanol–water partition coefficient (Wildman–Crippen LogP) is 17.9. The van der Waals surface area contributed by atoms with Gasteiger partial charge in [-0.3, -0.25) is 9.59 Å². The van der Waals surface area contributed by atoms with Crippen molar-refractivity contribution in [2.45, 2.75) is 287 Å². The minimum atomic E-state index is -0.139. The topological polar surface area (TPSA) is 43.4 Å². The minimum absolute atomic E-state index is 0.00586. The first kappa shape index (κ1) is 50.9. The Morgan fingerprint density at radius 3 is 1.56 bits per heavy atom. The molecule has 5 aliphatic rings. The number of carbonyl (C=O) groups excluding carboxylic acids is 2. The van der Waals surface area contributed by atoms with Crippen molar-refractivity contribution in [3.8, 4) is 0 Å². The molecule has 0 aliphatic heterocycles. The van der Waals surface area contributed by atoms with Crippen LogP contribution in [0.25, 0.3) is 0 Å². The number of fused-ring (bicyclic) bond motifs is 7. The Kier molecular flexibility index (Phi) is 19.5. The van der Waals surface area contributed by atoms with E-state index in [1.165, 1.54) is 179 Å². The van der Waals surface area contributed by atoms with E-state index >= 15 is 0 Å². The zero-order valence-corrected chi connectivity index (χ0v) is 42.3. The van der Waals surface area contributed by atoms with Crippen molar-refractivity contribution in [2.75, 3.05) is 0 Å². The Labute approximate surface area is 379 Å². The molecular formula is C58H102O3. The van der Waals surface area contributed by atoms with Gasteiger partial charge in [0.15, 0.2) is 5.78 Å². The Morgan fingerprint density at radius 2 is 1.07 bits per heavy atom. The van der Waals surface area contributed by atoms with Crippen molar-refractivity contribution in [2.24, 2.45) is 56.7 Å². The van der Waals surface area contributed by atoms with Gasteiger partial charge in [-0.25, -0.2) is 0 Å². The van der Waals surface area contributed by atoms with Crippen molar-refractivity contribution in [1.29, 1.82) is 0 Å². The highest BCUT2D eigenvalue weighted by Crippen LogP contribution is 2.75. The van der Waals surface area contributed by atoms with Gasteiger partial charge in [-0.15, -0.1) is 0 Å². The van der Waals surface area contributed by atoms with E-state index < -0.39 is 0 Å². The van der Waals surface area contributed by atoms with E-state index in [2.05, 4.69) is 68.4 Å². The summed E-state index contributed by atoms with van der Waals surface area (Å²) in [5.41, 5.74) is 1.71. The van der Waals surface area contributed by atoms with Crippen LogP contribution in [0.2, 0.25) is 0 Å². The molecular weight excluding hydrogens is 745 g/mol. The highest BCUT2D eigenvalue weighted by Gasteiger charge is 2.70. The highest BCUT2D eigenvalue weighted by molar-refractivity contribution is 5.95. The molecule has 0 saturated heterocycles. The van der Waals surface area contributed by atoms with E-state index in [0.717, 1.165) is 44.4 Å². The van der Waals surface area contributed by atoms with Crippen molar-refractivity contribution in [1.82, 2.24) is 0 Å². The second-order valence-corrected chi connectivity index (χ2v) is 24.4. The highest BCUT2D eigenvalue weighted by atomic mass is 16.5. The molecule has 0 amide bonds. The Bertz CT molecular complexity index is 1380. The number of hydrogen-bond donors (Lipinski definition) is 0. The van der Waals surface area contributed by atoms with Gasteiger partial charge in [0.1, 0.15) is 6.10 Å². The second-order valence-electron chi connectivity index (χ2n) is 24.4. The van der Waals surface area contributed by atoms with Gasteiger partial charge < -0.3 is 4.74 Å². The third kappa shape index (κ3) is 12.0. The molecule has 0 heterocycles. The van der Waals surface area contributed by atoms with Gasteiger partial charge in [0.05, 0.1) is 0 Å². The first-order valence-corrected chi connectivity index (χ1v) is 27.6. The molecule has 3 heteroatoms. The third-order valence-corrected chi connectivity index (χ3v) is 19.8. The lowest BCUT2D eigenvalue weighted by atomic mass is 9.33. The fraction of sp³-hybridized carbons (Fsp3) is 0.931. The number of rotatable bonds is 27. The van der Waals surface area contributed by atoms with Crippen LogP contribution in [-0.2, 0) is 14.3 Å². The molecule has 5 aliphatic carbocycles. The smallest absolute Gasteiger partial charge is 0.306 e. The fourth-order valence-electron chi connectivity index (χ4n) is 15.5. The van der Waals surface area contributed by atoms with Crippen LogP contribution in [0.1, 0.15) is 281 Å². The molecule has 0 bridgehead atoms. The van der Waals surface area contributed by atoms with Gasteiger partial charge in [-0.05, 0) is 109 Å². The summed E-state index contributed by atoms with van der Waals surface area (Å²) in [5.74, 6) is 2.74. The number of unbranched alkanes of at least 4 members (excludes halogenated alkanes) is 24. The van der Waals surface area contributed by atoms with Crippen LogP contribution in [0, 0.1) is 56.7 Å². The first-order chi connectivity index (χ1) is 29.2. The molecule has 4 saturated carbocycles. The summed E-state index contributed by atoms with van der Waals surface area (Å²) in [5, 5.41) is 0. The largest absolute Gasteiger partial charge is 0.462 e. The average Bonchev–Trinajstić information content (AvgIpc) is 3.21. The third-order valence-electron chi connectivity index (χ3n) is 19.8. The van der Waals surface area contributed by atoms with Gasteiger partial charge in [0, 0.05) is 17.8 Å². The lowest BCUT2D eigenvalue weighted by Gasteiger charge is -2.70. The molecule has 3 nitrogen and oxygen atoms in total. The number of esters is 1. The van der Waals surface area contributed by atoms with Crippen LogP contribution in [0.5, 0.6) is 0 Å². The molecule has 0 aromatic heterocycles. The van der Waals surface area contributed by atoms with Crippen LogP contribution >= 0.6 is 0 Å². The number of ether oxygens (including phenoxy) is 1. The van der Waals surface area contributed by atoms with E-state index in [-0.39, 0.29) is 39.7 Å². The molecule has 0 N–H and O–H groups in total. The van der Waals surface area contributed by atoms with E-state index in [1.807, 2.05) is 0 Å². The van der Waals surface area contributed by atoms with Gasteiger partial charge in [-0.1, -0.05) is 222 Å². The molecule has 10 atom stereocenters. The summed E-state index contributed by atoms with van der Waals surface area (Å²) in [6, 6.07) is 0. The number of ketones is 1. The van der Waals surface area contributed by atoms with Crippen molar-refractivity contribution in [3.63, 3.8) is 0 Å². The number of allylic oxidation sites excluding steroid dienone is 2. The molecule has 0 aromatic rings. The average molecular weight is 847 g/mol. The molecule has 0 aromatic carbocycles. The Balaban J connectivity index is 0.916. The summed E-state index contributed by atoms with van der Waals surface area (Å²) in [4.78, 5) is 28.1. The Hall–Kier alpha value is -1.12. The second kappa shape index (κ2) is 23.4. The number of carbonyl (C=O) groups is 2. The summed E-state index contributed by atoms with van der Waals surface area (Å²) in [7, 11) is 0. The maximum Gasteiger partial charge on any atom is 0.306 e. The van der Waals surface area contributed by atoms with Gasteiger partial charge in [0.25, 0.3) is 0 Å². The standard InChI is InChI=1S/C58H102O3/c1-10-11-12-13-14-15-16-17-18-19-20-21-22-23-24-25-26-27-28-29-30-31-32-33-34-35-51(60)61-50-38-40-56(7)49(54(50,4)5)37-41-58(9)53(56)48(59)44-47-52-46(3)45(2)36-39-55(52,6)42-43-57(47,58)8/h44-46,49-50,52-53H,10-43H2,1-9H3/t45-,46?,49?,50?,52?,53?,55?,56?,57-,58?/m1/s1. The molecule has 5 rings (SSSR count). The zero-order valence-electron chi connectivity index (χ0n) is 42.3. The summed E-state index contributed by atoms with van der Waals surface area (Å²) >= 11 is 0. The molecule has 352 valence electrons. The maximum atomic E-state index is 14.7. The van der Waals surface area contributed by atoms with Crippen molar-refractivity contribution >= 4 is 11.8 Å². The molecule has 8 unspecified atom stereocenters. The maximum absolute atomic E-state index is 14.7. The van der Waals surface area contributed by atoms with E-state index in [1.54, 1.807) is 0 Å². The van der Waals surface area contributed by atoms with E-state index in [9.17, 15) is 9.59 Å². The van der Waals surface area contributed by atoms with Crippen LogP contribution in [0.4, 0.5) is 0 Å². The molecule has 4 fully saturated rings. The van der Waals surface area contributed by atoms with Gasteiger partial charge in [0.2, 0.25) is 0 Å². The number of hydrogen-bond acceptors (Lipinski definition) is 3. The first-order valence-electron chi connectivity index (χ1n) is 27.6. The summed E-state index contributed by atoms with van der Waals surface area (Å²) in [6.07, 6.45) is 46.7. The monoisotopic (exact) mass is 847 g/mol. The molecule has 61 heavy (non-hydrogen) atoms. The Morgan fingerprint density at radius 1 is 0.590 bits per heavy atom. The quantitative estimate of drug-likeness (QED) is 0.0611. The van der Waals surface area contributed by atoms with E-state index in [0.29, 0.717) is 35.4 Å².